The van der Waals surface area contributed by atoms with Crippen molar-refractivity contribution in [3.63, 3.8) is 0 Å². The molecule has 0 aliphatic rings. The molecule has 0 bridgehead atoms. The summed E-state index contributed by atoms with van der Waals surface area (Å²) in [6, 6.07) is 4.52. The number of nitrogens with one attached hydrogen (secondary N) is 1. The van der Waals surface area contributed by atoms with Gasteiger partial charge in [-0.2, -0.15) is 4.98 Å². The van der Waals surface area contributed by atoms with Crippen LogP contribution in [0.4, 0.5) is 4.39 Å². The summed E-state index contributed by atoms with van der Waals surface area (Å²) in [5.74, 6) is 0.159. The highest BCUT2D eigenvalue weighted by Crippen LogP contribution is 2.22. The quantitative estimate of drug-likeness (QED) is 0.812. The molecule has 0 spiro atoms. The van der Waals surface area contributed by atoms with Crippen LogP contribution in [0.15, 0.2) is 27.2 Å². The Bertz CT molecular complexity index is 522. The molecule has 2 rings (SSSR count). The van der Waals surface area contributed by atoms with E-state index in [9.17, 15) is 4.39 Å². The van der Waals surface area contributed by atoms with Crippen LogP contribution in [0.25, 0.3) is 11.4 Å². The first-order valence-corrected chi connectivity index (χ1v) is 4.88. The van der Waals surface area contributed by atoms with Gasteiger partial charge in [-0.05, 0) is 46.3 Å². The number of aromatic amines is 1. The van der Waals surface area contributed by atoms with Crippen LogP contribution in [-0.2, 0) is 0 Å². The molecular formula is C8H4BrFN2OS. The van der Waals surface area contributed by atoms with Gasteiger partial charge in [0.1, 0.15) is 5.82 Å². The molecule has 0 amide bonds. The van der Waals surface area contributed by atoms with Crippen LogP contribution >= 0.6 is 28.1 Å². The summed E-state index contributed by atoms with van der Waals surface area (Å²) in [5, 5.41) is 2.53. The highest BCUT2D eigenvalue weighted by Gasteiger charge is 2.05. The van der Waals surface area contributed by atoms with Crippen LogP contribution < -0.4 is 0 Å². The fraction of sp³-hybridized carbons (Fsp3) is 0. The lowest BCUT2D eigenvalue weighted by Gasteiger charge is -1.97. The zero-order valence-corrected chi connectivity index (χ0v) is 9.15. The van der Waals surface area contributed by atoms with Crippen molar-refractivity contribution in [3.05, 3.63) is 33.3 Å². The predicted molar refractivity (Wildman–Crippen MR) is 54.8 cm³/mol. The molecule has 0 atom stereocenters. The topological polar surface area (TPSA) is 41.8 Å². The van der Waals surface area contributed by atoms with Crippen LogP contribution in [0.3, 0.4) is 0 Å². The average molecular weight is 275 g/mol. The number of hydrogen-bond donors (Lipinski definition) is 1. The molecule has 14 heavy (non-hydrogen) atoms. The monoisotopic (exact) mass is 274 g/mol. The Morgan fingerprint density at radius 2 is 2.29 bits per heavy atom. The Labute approximate surface area is 92.1 Å². The summed E-state index contributed by atoms with van der Waals surface area (Å²) in [4.78, 5) is 4.03. The number of H-pyrrole nitrogens is 1. The van der Waals surface area contributed by atoms with Gasteiger partial charge in [-0.15, -0.1) is 0 Å². The molecule has 0 aliphatic heterocycles. The Morgan fingerprint density at radius 1 is 1.50 bits per heavy atom. The number of hydrogen-bond acceptors (Lipinski definition) is 3. The molecular weight excluding hydrogens is 271 g/mol. The molecule has 0 unspecified atom stereocenters. The fourth-order valence-electron chi connectivity index (χ4n) is 0.996. The second kappa shape index (κ2) is 3.62. The minimum Gasteiger partial charge on any atom is -0.348 e. The molecule has 3 nitrogen and oxygen atoms in total. The zero-order valence-electron chi connectivity index (χ0n) is 6.75. The van der Waals surface area contributed by atoms with Gasteiger partial charge >= 0.3 is 4.84 Å². The third-order valence-corrected chi connectivity index (χ3v) is 2.41. The molecule has 0 aliphatic carbocycles. The minimum absolute atomic E-state index is 0.125. The minimum atomic E-state index is -0.323. The van der Waals surface area contributed by atoms with Crippen molar-refractivity contribution in [1.29, 1.82) is 0 Å². The highest BCUT2D eigenvalue weighted by atomic mass is 79.9. The largest absolute Gasteiger partial charge is 0.348 e. The molecule has 1 heterocycles. The van der Waals surface area contributed by atoms with E-state index in [1.165, 1.54) is 6.07 Å². The van der Waals surface area contributed by atoms with E-state index in [4.69, 9.17) is 16.7 Å². The van der Waals surface area contributed by atoms with Crippen molar-refractivity contribution in [3.8, 4) is 11.4 Å². The molecule has 6 heteroatoms. The SMILES string of the molecule is Fc1ccc(-c2nc(=S)o[nH]2)cc1Br. The van der Waals surface area contributed by atoms with E-state index in [-0.39, 0.29) is 10.7 Å². The Balaban J connectivity index is 2.52. The third-order valence-electron chi connectivity index (χ3n) is 1.63. The van der Waals surface area contributed by atoms with E-state index >= 15 is 0 Å². The normalized spacial score (nSPS) is 10.4. The van der Waals surface area contributed by atoms with Crippen LogP contribution in [0.5, 0.6) is 0 Å². The lowest BCUT2D eigenvalue weighted by atomic mass is 10.2. The summed E-state index contributed by atoms with van der Waals surface area (Å²) in [5.41, 5.74) is 0.707. The van der Waals surface area contributed by atoms with E-state index < -0.39 is 0 Å². The predicted octanol–water partition coefficient (Wildman–Crippen LogP) is 3.30. The molecule has 2 aromatic rings. The second-order valence-electron chi connectivity index (χ2n) is 2.56. The van der Waals surface area contributed by atoms with Gasteiger partial charge < -0.3 is 4.52 Å². The first-order valence-electron chi connectivity index (χ1n) is 3.68. The van der Waals surface area contributed by atoms with Gasteiger partial charge in [0.15, 0.2) is 5.82 Å². The Kier molecular flexibility index (Phi) is 2.47. The summed E-state index contributed by atoms with van der Waals surface area (Å²) >= 11 is 7.77. The smallest absolute Gasteiger partial charge is 0.314 e. The van der Waals surface area contributed by atoms with E-state index in [1.54, 1.807) is 12.1 Å². The molecule has 0 saturated heterocycles. The first-order chi connectivity index (χ1) is 6.66. The van der Waals surface area contributed by atoms with Crippen molar-refractivity contribution < 1.29 is 8.91 Å². The fourth-order valence-corrected chi connectivity index (χ4v) is 1.51. The molecule has 72 valence electrons. The van der Waals surface area contributed by atoms with Crippen LogP contribution in [0, 0.1) is 10.7 Å². The van der Waals surface area contributed by atoms with Crippen molar-refractivity contribution in [2.24, 2.45) is 0 Å². The van der Waals surface area contributed by atoms with Gasteiger partial charge in [-0.3, -0.25) is 0 Å². The molecule has 0 fully saturated rings. The number of nitrogens with zero attached hydrogens (tertiary/aromatic N) is 1. The molecule has 0 radical (unpaired) electrons. The van der Waals surface area contributed by atoms with Crippen LogP contribution in [-0.4, -0.2) is 10.1 Å². The number of benzene rings is 1. The van der Waals surface area contributed by atoms with E-state index in [0.717, 1.165) is 0 Å². The highest BCUT2D eigenvalue weighted by molar-refractivity contribution is 9.10. The number of halogens is 2. The third kappa shape index (κ3) is 1.76. The van der Waals surface area contributed by atoms with Gasteiger partial charge in [0.25, 0.3) is 0 Å². The first kappa shape index (κ1) is 9.54. The lowest BCUT2D eigenvalue weighted by Crippen LogP contribution is -1.82. The van der Waals surface area contributed by atoms with Gasteiger partial charge in [0.05, 0.1) is 4.47 Å². The molecule has 0 saturated carbocycles. The van der Waals surface area contributed by atoms with Gasteiger partial charge in [0.2, 0.25) is 0 Å². The maximum absolute atomic E-state index is 12.9. The van der Waals surface area contributed by atoms with Gasteiger partial charge in [-0.1, -0.05) is 0 Å². The molecule has 1 aromatic carbocycles. The number of aromatic nitrogens is 2. The van der Waals surface area contributed by atoms with Crippen LogP contribution in [0.1, 0.15) is 0 Å². The lowest BCUT2D eigenvalue weighted by molar-refractivity contribution is 0.406. The summed E-state index contributed by atoms with van der Waals surface area (Å²) < 4.78 is 18.0. The van der Waals surface area contributed by atoms with Crippen molar-refractivity contribution in [2.45, 2.75) is 0 Å². The van der Waals surface area contributed by atoms with Gasteiger partial charge in [0, 0.05) is 5.56 Å². The average Bonchev–Trinajstić information content (AvgIpc) is 2.57. The zero-order chi connectivity index (χ0) is 10.1. The molecule has 1 N–H and O–H groups in total. The maximum Gasteiger partial charge on any atom is 0.314 e. The van der Waals surface area contributed by atoms with Crippen molar-refractivity contribution in [1.82, 2.24) is 10.1 Å². The maximum atomic E-state index is 12.9. The second-order valence-corrected chi connectivity index (χ2v) is 3.76. The van der Waals surface area contributed by atoms with E-state index in [2.05, 4.69) is 26.1 Å². The Hall–Kier alpha value is -1.01. The van der Waals surface area contributed by atoms with Gasteiger partial charge in [-0.25, -0.2) is 9.55 Å². The summed E-state index contributed by atoms with van der Waals surface area (Å²) in [7, 11) is 0. The van der Waals surface area contributed by atoms with E-state index in [1.807, 2.05) is 0 Å². The Morgan fingerprint density at radius 3 is 2.86 bits per heavy atom. The molecule has 1 aromatic heterocycles. The summed E-state index contributed by atoms with van der Waals surface area (Å²) in [6.45, 7) is 0. The standard InChI is InChI=1S/C8H4BrFN2OS/c9-5-3-4(1-2-6(5)10)7-11-8(14)13-12-7/h1-3H,(H,11,12,14). The summed E-state index contributed by atoms with van der Waals surface area (Å²) in [6.07, 6.45) is 0. The van der Waals surface area contributed by atoms with Crippen molar-refractivity contribution in [2.75, 3.05) is 0 Å². The van der Waals surface area contributed by atoms with Crippen molar-refractivity contribution >= 4 is 28.1 Å². The van der Waals surface area contributed by atoms with E-state index in [0.29, 0.717) is 15.9 Å². The number of rotatable bonds is 1. The van der Waals surface area contributed by atoms with Crippen LogP contribution in [0.2, 0.25) is 0 Å².